The van der Waals surface area contributed by atoms with Crippen LogP contribution in [-0.4, -0.2) is 49.9 Å². The second-order valence-electron chi connectivity index (χ2n) is 7.54. The van der Waals surface area contributed by atoms with Crippen LogP contribution in [0.1, 0.15) is 35.7 Å². The molecule has 3 heterocycles. The normalized spacial score (nSPS) is 21.6. The number of nitrogens with zero attached hydrogens (tertiary/aromatic N) is 3. The van der Waals surface area contributed by atoms with Crippen LogP contribution in [0, 0.1) is 0 Å². The van der Waals surface area contributed by atoms with Crippen molar-refractivity contribution in [3.63, 3.8) is 0 Å². The van der Waals surface area contributed by atoms with E-state index in [-0.39, 0.29) is 24.1 Å². The number of hydrogen-bond acceptors (Lipinski definition) is 7. The Morgan fingerprint density at radius 1 is 1.31 bits per heavy atom. The van der Waals surface area contributed by atoms with Gasteiger partial charge in [-0.1, -0.05) is 12.1 Å². The second kappa shape index (κ2) is 6.51. The first-order chi connectivity index (χ1) is 13.6. The lowest BCUT2D eigenvalue weighted by Gasteiger charge is -2.20. The lowest BCUT2D eigenvalue weighted by molar-refractivity contribution is -0.120. The SMILES string of the molecule is CN1C(=O)[C@@H](NC(=O)c2ncc3c(n2)C(C)(C)S(=O)(=O)C3)COc2ccccc21. The van der Waals surface area contributed by atoms with Gasteiger partial charge in [0.05, 0.1) is 17.1 Å². The minimum atomic E-state index is -3.42. The van der Waals surface area contributed by atoms with Gasteiger partial charge in [0.1, 0.15) is 23.1 Å². The summed E-state index contributed by atoms with van der Waals surface area (Å²) in [5, 5.41) is 2.60. The average molecular weight is 416 g/mol. The lowest BCUT2D eigenvalue weighted by Crippen LogP contribution is -2.49. The van der Waals surface area contributed by atoms with Crippen molar-refractivity contribution in [2.45, 2.75) is 30.4 Å². The van der Waals surface area contributed by atoms with Gasteiger partial charge < -0.3 is 15.0 Å². The van der Waals surface area contributed by atoms with Gasteiger partial charge in [0.15, 0.2) is 9.84 Å². The maximum absolute atomic E-state index is 12.8. The van der Waals surface area contributed by atoms with Crippen molar-refractivity contribution >= 4 is 27.3 Å². The number of benzene rings is 1. The van der Waals surface area contributed by atoms with Gasteiger partial charge in [0.2, 0.25) is 5.82 Å². The Kier molecular flexibility index (Phi) is 4.34. The third-order valence-corrected chi connectivity index (χ3v) is 7.77. The van der Waals surface area contributed by atoms with Crippen LogP contribution in [0.2, 0.25) is 0 Å². The Balaban J connectivity index is 1.58. The molecule has 4 rings (SSSR count). The van der Waals surface area contributed by atoms with E-state index in [1.54, 1.807) is 45.2 Å². The summed E-state index contributed by atoms with van der Waals surface area (Å²) in [7, 11) is -1.81. The number of anilines is 1. The fraction of sp³-hybridized carbons (Fsp3) is 0.368. The highest BCUT2D eigenvalue weighted by molar-refractivity contribution is 7.91. The molecule has 0 spiro atoms. The molecular weight excluding hydrogens is 396 g/mol. The average Bonchev–Trinajstić information content (AvgIpc) is 2.79. The van der Waals surface area contributed by atoms with E-state index in [1.165, 1.54) is 11.1 Å². The van der Waals surface area contributed by atoms with Crippen molar-refractivity contribution in [1.82, 2.24) is 15.3 Å². The molecule has 29 heavy (non-hydrogen) atoms. The molecule has 1 atom stereocenters. The summed E-state index contributed by atoms with van der Waals surface area (Å²) in [5.74, 6) is -0.816. The van der Waals surface area contributed by atoms with Crippen molar-refractivity contribution in [2.75, 3.05) is 18.6 Å². The molecule has 0 bridgehead atoms. The minimum Gasteiger partial charge on any atom is -0.489 e. The van der Waals surface area contributed by atoms with Crippen molar-refractivity contribution in [1.29, 1.82) is 0 Å². The number of hydrogen-bond donors (Lipinski definition) is 1. The minimum absolute atomic E-state index is 0.0449. The molecule has 0 saturated heterocycles. The molecule has 1 aromatic carbocycles. The number of aromatic nitrogens is 2. The van der Waals surface area contributed by atoms with Gasteiger partial charge in [0.25, 0.3) is 11.8 Å². The van der Waals surface area contributed by atoms with Crippen molar-refractivity contribution in [2.24, 2.45) is 0 Å². The van der Waals surface area contributed by atoms with Crippen LogP contribution in [0.25, 0.3) is 0 Å². The van der Waals surface area contributed by atoms with Crippen LogP contribution in [0.15, 0.2) is 30.5 Å². The van der Waals surface area contributed by atoms with Crippen LogP contribution in [0.4, 0.5) is 5.69 Å². The number of ether oxygens (including phenoxy) is 1. The highest BCUT2D eigenvalue weighted by Crippen LogP contribution is 2.39. The van der Waals surface area contributed by atoms with Gasteiger partial charge in [-0.15, -0.1) is 0 Å². The molecule has 152 valence electrons. The third-order valence-electron chi connectivity index (χ3n) is 5.33. The quantitative estimate of drug-likeness (QED) is 0.769. The van der Waals surface area contributed by atoms with Crippen LogP contribution in [-0.2, 0) is 25.1 Å². The van der Waals surface area contributed by atoms with E-state index in [0.717, 1.165) is 0 Å². The number of amides is 2. The topological polar surface area (TPSA) is 119 Å². The molecule has 0 saturated carbocycles. The van der Waals surface area contributed by atoms with Crippen molar-refractivity contribution in [3.05, 3.63) is 47.5 Å². The summed E-state index contributed by atoms with van der Waals surface area (Å²) in [6.45, 7) is 3.06. The zero-order chi connectivity index (χ0) is 21.0. The molecule has 2 aliphatic rings. The largest absolute Gasteiger partial charge is 0.489 e. The fourth-order valence-electron chi connectivity index (χ4n) is 3.45. The fourth-order valence-corrected chi connectivity index (χ4v) is 4.91. The highest BCUT2D eigenvalue weighted by Gasteiger charge is 2.46. The second-order valence-corrected chi connectivity index (χ2v) is 10.1. The summed E-state index contributed by atoms with van der Waals surface area (Å²) in [6, 6.07) is 6.15. The summed E-state index contributed by atoms with van der Waals surface area (Å²) >= 11 is 0. The van der Waals surface area contributed by atoms with Crippen LogP contribution in [0.5, 0.6) is 5.75 Å². The molecule has 0 aliphatic carbocycles. The molecule has 2 amide bonds. The zero-order valence-electron chi connectivity index (χ0n) is 16.2. The van der Waals surface area contributed by atoms with E-state index in [9.17, 15) is 18.0 Å². The number of sulfone groups is 1. The van der Waals surface area contributed by atoms with Gasteiger partial charge >= 0.3 is 0 Å². The lowest BCUT2D eigenvalue weighted by atomic mass is 10.1. The standard InChI is InChI=1S/C19H20N4O5S/c1-19(2)15-11(10-29(19,26)27)8-20-16(22-15)17(24)21-12-9-28-14-7-5-4-6-13(14)23(3)18(12)25/h4-8,12H,9-10H2,1-3H3,(H,21,24)/t12-/m0/s1. The van der Waals surface area contributed by atoms with Crippen LogP contribution in [0.3, 0.4) is 0 Å². The summed E-state index contributed by atoms with van der Waals surface area (Å²) < 4.78 is 29.1. The van der Waals surface area contributed by atoms with E-state index in [2.05, 4.69) is 15.3 Å². The first kappa shape index (κ1) is 19.3. The first-order valence-electron chi connectivity index (χ1n) is 9.01. The molecule has 1 N–H and O–H groups in total. The molecule has 0 fully saturated rings. The molecule has 0 unspecified atom stereocenters. The predicted octanol–water partition coefficient (Wildman–Crippen LogP) is 0.794. The summed E-state index contributed by atoms with van der Waals surface area (Å²) in [6.07, 6.45) is 1.36. The van der Waals surface area contributed by atoms with E-state index in [0.29, 0.717) is 22.7 Å². The number of fused-ring (bicyclic) bond motifs is 2. The first-order valence-corrected chi connectivity index (χ1v) is 10.7. The number of para-hydroxylation sites is 2. The van der Waals surface area contributed by atoms with E-state index in [4.69, 9.17) is 4.74 Å². The third kappa shape index (κ3) is 3.03. The smallest absolute Gasteiger partial charge is 0.289 e. The van der Waals surface area contributed by atoms with Gasteiger partial charge in [-0.05, 0) is 26.0 Å². The maximum Gasteiger partial charge on any atom is 0.289 e. The van der Waals surface area contributed by atoms with E-state index >= 15 is 0 Å². The number of rotatable bonds is 2. The number of nitrogens with one attached hydrogen (secondary N) is 1. The Hall–Kier alpha value is -3.01. The van der Waals surface area contributed by atoms with Gasteiger partial charge in [0, 0.05) is 18.8 Å². The Bertz CT molecular complexity index is 1130. The summed E-state index contributed by atoms with van der Waals surface area (Å²) in [4.78, 5) is 35.1. The number of carbonyl (C=O) groups excluding carboxylic acids is 2. The van der Waals surface area contributed by atoms with Gasteiger partial charge in [-0.2, -0.15) is 0 Å². The Morgan fingerprint density at radius 2 is 2.03 bits per heavy atom. The molecule has 0 radical (unpaired) electrons. The zero-order valence-corrected chi connectivity index (χ0v) is 17.0. The Labute approximate surface area is 168 Å². The molecule has 9 nitrogen and oxygen atoms in total. The highest BCUT2D eigenvalue weighted by atomic mass is 32.2. The molecule has 2 aliphatic heterocycles. The summed E-state index contributed by atoms with van der Waals surface area (Å²) in [5.41, 5.74) is 1.40. The monoisotopic (exact) mass is 416 g/mol. The number of carbonyl (C=O) groups is 2. The molecular formula is C19H20N4O5S. The van der Waals surface area contributed by atoms with E-state index < -0.39 is 26.5 Å². The van der Waals surface area contributed by atoms with Gasteiger partial charge in [-0.3, -0.25) is 9.59 Å². The Morgan fingerprint density at radius 3 is 2.79 bits per heavy atom. The maximum atomic E-state index is 12.8. The van der Waals surface area contributed by atoms with Crippen LogP contribution >= 0.6 is 0 Å². The molecule has 2 aromatic rings. The van der Waals surface area contributed by atoms with Gasteiger partial charge in [-0.25, -0.2) is 18.4 Å². The van der Waals surface area contributed by atoms with Crippen molar-refractivity contribution in [3.8, 4) is 5.75 Å². The van der Waals surface area contributed by atoms with E-state index in [1.807, 2.05) is 0 Å². The van der Waals surface area contributed by atoms with Crippen LogP contribution < -0.4 is 15.0 Å². The number of likely N-dealkylation sites (N-methyl/N-ethyl adjacent to an activating group) is 1. The molecule has 10 heteroatoms. The van der Waals surface area contributed by atoms with Crippen molar-refractivity contribution < 1.29 is 22.7 Å². The predicted molar refractivity (Wildman–Crippen MR) is 104 cm³/mol. The molecule has 1 aromatic heterocycles.